The standard InChI is InChI=1S/C17H22FN3OS/c1-10-8-14(18)6-7-15(10)20-16(22)9-21(5)11(2)17-12(3)23-13(4)19-17/h6-8,11H,9H2,1-5H3,(H,20,22). The number of hydrogen-bond acceptors (Lipinski definition) is 4. The Kier molecular flexibility index (Phi) is 5.49. The highest BCUT2D eigenvalue weighted by atomic mass is 32.1. The van der Waals surface area contributed by atoms with Crippen molar-refractivity contribution in [3.05, 3.63) is 45.2 Å². The van der Waals surface area contributed by atoms with E-state index in [9.17, 15) is 9.18 Å². The highest BCUT2D eigenvalue weighted by Gasteiger charge is 2.19. The van der Waals surface area contributed by atoms with Crippen LogP contribution in [0, 0.1) is 26.6 Å². The third kappa shape index (κ3) is 4.36. The van der Waals surface area contributed by atoms with Crippen molar-refractivity contribution in [1.29, 1.82) is 0 Å². The maximum atomic E-state index is 13.1. The summed E-state index contributed by atoms with van der Waals surface area (Å²) < 4.78 is 13.1. The molecule has 1 heterocycles. The van der Waals surface area contributed by atoms with Crippen molar-refractivity contribution in [3.63, 3.8) is 0 Å². The van der Waals surface area contributed by atoms with Crippen LogP contribution in [0.4, 0.5) is 10.1 Å². The minimum absolute atomic E-state index is 0.0556. The van der Waals surface area contributed by atoms with Crippen LogP contribution in [-0.4, -0.2) is 29.4 Å². The third-order valence-electron chi connectivity index (χ3n) is 3.85. The number of hydrogen-bond donors (Lipinski definition) is 1. The zero-order chi connectivity index (χ0) is 17.1. The minimum atomic E-state index is -0.305. The van der Waals surface area contributed by atoms with Crippen LogP contribution in [-0.2, 0) is 4.79 Å². The maximum Gasteiger partial charge on any atom is 0.238 e. The molecule has 2 rings (SSSR count). The van der Waals surface area contributed by atoms with Gasteiger partial charge in [0.15, 0.2) is 0 Å². The number of rotatable bonds is 5. The lowest BCUT2D eigenvalue weighted by molar-refractivity contribution is -0.117. The summed E-state index contributed by atoms with van der Waals surface area (Å²) in [4.78, 5) is 19.9. The normalized spacial score (nSPS) is 12.5. The van der Waals surface area contributed by atoms with E-state index in [0.717, 1.165) is 10.7 Å². The molecule has 23 heavy (non-hydrogen) atoms. The van der Waals surface area contributed by atoms with Crippen LogP contribution >= 0.6 is 11.3 Å². The Morgan fingerprint density at radius 1 is 1.39 bits per heavy atom. The molecule has 2 aromatic rings. The first-order valence-corrected chi connectivity index (χ1v) is 8.29. The third-order valence-corrected chi connectivity index (χ3v) is 4.75. The Hall–Kier alpha value is -1.79. The predicted octanol–water partition coefficient (Wildman–Crippen LogP) is 3.84. The molecular formula is C17H22FN3OS. The van der Waals surface area contributed by atoms with Crippen LogP contribution in [0.2, 0.25) is 0 Å². The van der Waals surface area contributed by atoms with E-state index in [1.807, 2.05) is 32.7 Å². The minimum Gasteiger partial charge on any atom is -0.325 e. The number of thiazole rings is 1. The molecule has 0 radical (unpaired) electrons. The number of aromatic nitrogens is 1. The number of carbonyl (C=O) groups is 1. The zero-order valence-corrected chi connectivity index (χ0v) is 14.9. The van der Waals surface area contributed by atoms with Crippen LogP contribution < -0.4 is 5.32 Å². The Balaban J connectivity index is 2.00. The van der Waals surface area contributed by atoms with E-state index in [4.69, 9.17) is 0 Å². The number of benzene rings is 1. The van der Waals surface area contributed by atoms with Gasteiger partial charge in [-0.3, -0.25) is 9.69 Å². The smallest absolute Gasteiger partial charge is 0.238 e. The zero-order valence-electron chi connectivity index (χ0n) is 14.1. The van der Waals surface area contributed by atoms with Gasteiger partial charge in [0.2, 0.25) is 5.91 Å². The highest BCUT2D eigenvalue weighted by molar-refractivity contribution is 7.11. The lowest BCUT2D eigenvalue weighted by Crippen LogP contribution is -2.32. The largest absolute Gasteiger partial charge is 0.325 e. The van der Waals surface area contributed by atoms with Crippen molar-refractivity contribution in [2.24, 2.45) is 0 Å². The van der Waals surface area contributed by atoms with E-state index < -0.39 is 0 Å². The van der Waals surface area contributed by atoms with Gasteiger partial charge in [0.1, 0.15) is 5.82 Å². The van der Waals surface area contributed by atoms with Crippen LogP contribution in [0.5, 0.6) is 0 Å². The number of nitrogens with zero attached hydrogens (tertiary/aromatic N) is 2. The molecule has 1 aromatic carbocycles. The number of anilines is 1. The number of carbonyl (C=O) groups excluding carboxylic acids is 1. The van der Waals surface area contributed by atoms with Gasteiger partial charge in [-0.05, 0) is 58.5 Å². The lowest BCUT2D eigenvalue weighted by atomic mass is 10.2. The van der Waals surface area contributed by atoms with Crippen LogP contribution in [0.15, 0.2) is 18.2 Å². The molecule has 1 N–H and O–H groups in total. The molecule has 0 saturated carbocycles. The average Bonchev–Trinajstić information content (AvgIpc) is 2.79. The van der Waals surface area contributed by atoms with Crippen LogP contribution in [0.25, 0.3) is 0 Å². The second kappa shape index (κ2) is 7.19. The van der Waals surface area contributed by atoms with Crippen molar-refractivity contribution >= 4 is 22.9 Å². The predicted molar refractivity (Wildman–Crippen MR) is 92.4 cm³/mol. The van der Waals surface area contributed by atoms with Gasteiger partial charge in [-0.2, -0.15) is 0 Å². The molecule has 1 amide bonds. The number of likely N-dealkylation sites (N-methyl/N-ethyl adjacent to an activating group) is 1. The van der Waals surface area contributed by atoms with E-state index in [1.165, 1.54) is 17.0 Å². The summed E-state index contributed by atoms with van der Waals surface area (Å²) in [7, 11) is 1.90. The number of amides is 1. The van der Waals surface area contributed by atoms with Crippen molar-refractivity contribution in [2.75, 3.05) is 18.9 Å². The van der Waals surface area contributed by atoms with Gasteiger partial charge in [0, 0.05) is 10.6 Å². The van der Waals surface area contributed by atoms with E-state index in [-0.39, 0.29) is 24.3 Å². The molecule has 0 fully saturated rings. The Bertz CT molecular complexity index is 714. The first kappa shape index (κ1) is 17.6. The molecule has 1 aromatic heterocycles. The van der Waals surface area contributed by atoms with E-state index in [0.29, 0.717) is 11.3 Å². The van der Waals surface area contributed by atoms with Crippen LogP contribution in [0.1, 0.15) is 34.1 Å². The van der Waals surface area contributed by atoms with Gasteiger partial charge in [0.05, 0.1) is 23.3 Å². The van der Waals surface area contributed by atoms with Gasteiger partial charge in [-0.25, -0.2) is 9.37 Å². The van der Waals surface area contributed by atoms with Gasteiger partial charge in [-0.15, -0.1) is 11.3 Å². The molecule has 1 atom stereocenters. The Morgan fingerprint density at radius 3 is 2.65 bits per heavy atom. The molecular weight excluding hydrogens is 313 g/mol. The number of halogens is 1. The molecule has 0 spiro atoms. The van der Waals surface area contributed by atoms with Gasteiger partial charge >= 0.3 is 0 Å². The monoisotopic (exact) mass is 335 g/mol. The van der Waals surface area contributed by atoms with Crippen molar-refractivity contribution in [2.45, 2.75) is 33.7 Å². The molecule has 0 aliphatic rings. The fourth-order valence-corrected chi connectivity index (χ4v) is 3.37. The van der Waals surface area contributed by atoms with Crippen LogP contribution in [0.3, 0.4) is 0 Å². The summed E-state index contributed by atoms with van der Waals surface area (Å²) in [6.07, 6.45) is 0. The van der Waals surface area contributed by atoms with Gasteiger partial charge < -0.3 is 5.32 Å². The molecule has 0 aliphatic carbocycles. The number of aryl methyl sites for hydroxylation is 3. The second-order valence-electron chi connectivity index (χ2n) is 5.77. The van der Waals surface area contributed by atoms with Gasteiger partial charge in [0.25, 0.3) is 0 Å². The summed E-state index contributed by atoms with van der Waals surface area (Å²) in [5.74, 6) is -0.431. The summed E-state index contributed by atoms with van der Waals surface area (Å²) in [6.45, 7) is 8.09. The fraction of sp³-hybridized carbons (Fsp3) is 0.412. The molecule has 1 unspecified atom stereocenters. The summed E-state index contributed by atoms with van der Waals surface area (Å²) in [5.41, 5.74) is 2.36. The molecule has 4 nitrogen and oxygen atoms in total. The first-order valence-electron chi connectivity index (χ1n) is 7.48. The molecule has 0 bridgehead atoms. The van der Waals surface area contributed by atoms with Gasteiger partial charge in [-0.1, -0.05) is 0 Å². The van der Waals surface area contributed by atoms with E-state index >= 15 is 0 Å². The molecule has 0 saturated heterocycles. The van der Waals surface area contributed by atoms with E-state index in [2.05, 4.69) is 10.3 Å². The lowest BCUT2D eigenvalue weighted by Gasteiger charge is -2.23. The first-order chi connectivity index (χ1) is 10.8. The van der Waals surface area contributed by atoms with Crippen molar-refractivity contribution in [1.82, 2.24) is 9.88 Å². The molecule has 0 aliphatic heterocycles. The molecule has 6 heteroatoms. The van der Waals surface area contributed by atoms with Crippen molar-refractivity contribution in [3.8, 4) is 0 Å². The Morgan fingerprint density at radius 2 is 2.09 bits per heavy atom. The summed E-state index contributed by atoms with van der Waals surface area (Å²) in [6, 6.07) is 4.39. The second-order valence-corrected chi connectivity index (χ2v) is 7.18. The quantitative estimate of drug-likeness (QED) is 0.903. The summed E-state index contributed by atoms with van der Waals surface area (Å²) in [5, 5.41) is 3.86. The highest BCUT2D eigenvalue weighted by Crippen LogP contribution is 2.26. The summed E-state index contributed by atoms with van der Waals surface area (Å²) >= 11 is 1.67. The fourth-order valence-electron chi connectivity index (χ4n) is 2.46. The average molecular weight is 335 g/mol. The van der Waals surface area contributed by atoms with Crippen molar-refractivity contribution < 1.29 is 9.18 Å². The maximum absolute atomic E-state index is 13.1. The number of nitrogens with one attached hydrogen (secondary N) is 1. The SMILES string of the molecule is Cc1nc(C(C)N(C)CC(=O)Nc2ccc(F)cc2C)c(C)s1. The Labute approximate surface area is 140 Å². The van der Waals surface area contributed by atoms with E-state index in [1.54, 1.807) is 24.3 Å². The topological polar surface area (TPSA) is 45.2 Å². The molecule has 124 valence electrons.